The van der Waals surface area contributed by atoms with E-state index in [9.17, 15) is 18.0 Å². The number of carbonyl (C=O) groups excluding carboxylic acids is 2. The summed E-state index contributed by atoms with van der Waals surface area (Å²) >= 11 is 0. The van der Waals surface area contributed by atoms with Gasteiger partial charge in [-0.3, -0.25) is 9.59 Å². The first kappa shape index (κ1) is 22.6. The highest BCUT2D eigenvalue weighted by molar-refractivity contribution is 7.89. The lowest BCUT2D eigenvalue weighted by Crippen LogP contribution is -2.47. The summed E-state index contributed by atoms with van der Waals surface area (Å²) in [6, 6.07) is 3.18. The van der Waals surface area contributed by atoms with Gasteiger partial charge in [-0.1, -0.05) is 13.8 Å². The van der Waals surface area contributed by atoms with Crippen LogP contribution in [-0.4, -0.2) is 49.8 Å². The summed E-state index contributed by atoms with van der Waals surface area (Å²) in [6.45, 7) is 8.00. The normalized spacial score (nSPS) is 23.1. The van der Waals surface area contributed by atoms with Gasteiger partial charge in [-0.25, -0.2) is 8.42 Å². The predicted molar refractivity (Wildman–Crippen MR) is 114 cm³/mol. The number of sulfonamides is 1. The largest absolute Gasteiger partial charge is 0.478 e. The molecule has 0 radical (unpaired) electrons. The second-order valence-corrected chi connectivity index (χ2v) is 10.0. The van der Waals surface area contributed by atoms with Gasteiger partial charge in [-0.05, 0) is 51.2 Å². The van der Waals surface area contributed by atoms with E-state index in [1.165, 1.54) is 10.4 Å². The minimum atomic E-state index is -3.80. The molecular formula is C21H31N3O5S. The maximum absolute atomic E-state index is 13.4. The van der Waals surface area contributed by atoms with Gasteiger partial charge in [0.15, 0.2) is 6.10 Å². The number of nitrogens with zero attached hydrogens (tertiary/aromatic N) is 1. The number of amides is 2. The van der Waals surface area contributed by atoms with E-state index in [1.54, 1.807) is 13.0 Å². The first-order chi connectivity index (χ1) is 14.2. The standard InChI is InChI=1S/C21H31N3O5S/c1-5-14(4)22-20(25)15-8-7-9-24(12-15)30(27,28)19-11-18-16(10-13(19)3)23-21(26)17(6-2)29-18/h10-11,14-15,17H,5-9,12H2,1-4H3,(H,22,25)(H,23,26)/t14-,15+,17+/m0/s1. The molecule has 2 amide bonds. The van der Waals surface area contributed by atoms with E-state index in [2.05, 4.69) is 10.6 Å². The van der Waals surface area contributed by atoms with Gasteiger partial charge in [0, 0.05) is 25.2 Å². The van der Waals surface area contributed by atoms with Crippen molar-refractivity contribution in [3.05, 3.63) is 17.7 Å². The summed E-state index contributed by atoms with van der Waals surface area (Å²) in [4.78, 5) is 24.7. The summed E-state index contributed by atoms with van der Waals surface area (Å²) in [5.41, 5.74) is 1.00. The molecule has 3 atom stereocenters. The van der Waals surface area contributed by atoms with Gasteiger partial charge >= 0.3 is 0 Å². The molecule has 1 saturated heterocycles. The molecule has 0 unspecified atom stereocenters. The summed E-state index contributed by atoms with van der Waals surface area (Å²) in [7, 11) is -3.80. The molecule has 1 fully saturated rings. The Balaban J connectivity index is 1.85. The molecule has 9 heteroatoms. The highest BCUT2D eigenvalue weighted by atomic mass is 32.2. The zero-order valence-electron chi connectivity index (χ0n) is 18.0. The van der Waals surface area contributed by atoms with E-state index in [4.69, 9.17) is 4.74 Å². The summed E-state index contributed by atoms with van der Waals surface area (Å²) in [5, 5.41) is 5.74. The molecule has 3 rings (SSSR count). The van der Waals surface area contributed by atoms with E-state index in [0.29, 0.717) is 42.8 Å². The Kier molecular flexibility index (Phi) is 6.71. The number of fused-ring (bicyclic) bond motifs is 1. The Hall–Kier alpha value is -2.13. The van der Waals surface area contributed by atoms with Gasteiger partial charge < -0.3 is 15.4 Å². The van der Waals surface area contributed by atoms with Crippen molar-refractivity contribution >= 4 is 27.5 Å². The second kappa shape index (κ2) is 8.93. The molecular weight excluding hydrogens is 406 g/mol. The van der Waals surface area contributed by atoms with Gasteiger partial charge in [0.1, 0.15) is 5.75 Å². The molecule has 0 aromatic heterocycles. The number of anilines is 1. The Morgan fingerprint density at radius 3 is 2.77 bits per heavy atom. The number of ether oxygens (including phenoxy) is 1. The van der Waals surface area contributed by atoms with Gasteiger partial charge in [-0.2, -0.15) is 4.31 Å². The smallest absolute Gasteiger partial charge is 0.265 e. The fourth-order valence-electron chi connectivity index (χ4n) is 3.81. The van der Waals surface area contributed by atoms with Crippen LogP contribution in [0.2, 0.25) is 0 Å². The van der Waals surface area contributed by atoms with E-state index >= 15 is 0 Å². The molecule has 0 spiro atoms. The van der Waals surface area contributed by atoms with Crippen LogP contribution in [0.4, 0.5) is 5.69 Å². The second-order valence-electron chi connectivity index (χ2n) is 8.14. The van der Waals surface area contributed by atoms with Gasteiger partial charge in [0.2, 0.25) is 15.9 Å². The monoisotopic (exact) mass is 437 g/mol. The zero-order chi connectivity index (χ0) is 22.1. The van der Waals surface area contributed by atoms with E-state index in [-0.39, 0.29) is 35.2 Å². The molecule has 0 bridgehead atoms. The molecule has 166 valence electrons. The third-order valence-corrected chi connectivity index (χ3v) is 7.85. The fraction of sp³-hybridized carbons (Fsp3) is 0.619. The van der Waals surface area contributed by atoms with Crippen LogP contribution in [-0.2, 0) is 19.6 Å². The van der Waals surface area contributed by atoms with Crippen LogP contribution in [0, 0.1) is 12.8 Å². The Morgan fingerprint density at radius 1 is 1.37 bits per heavy atom. The van der Waals surface area contributed by atoms with Crippen molar-refractivity contribution in [1.29, 1.82) is 0 Å². The van der Waals surface area contributed by atoms with Crippen LogP contribution in [0.3, 0.4) is 0 Å². The number of benzene rings is 1. The van der Waals surface area contributed by atoms with Gasteiger partial charge in [0.05, 0.1) is 16.5 Å². The Bertz CT molecular complexity index is 931. The van der Waals surface area contributed by atoms with Gasteiger partial charge in [-0.15, -0.1) is 0 Å². The molecule has 2 aliphatic heterocycles. The third-order valence-electron chi connectivity index (χ3n) is 5.84. The van der Waals surface area contributed by atoms with Crippen molar-refractivity contribution in [2.75, 3.05) is 18.4 Å². The first-order valence-corrected chi connectivity index (χ1v) is 12.0. The van der Waals surface area contributed by atoms with Crippen LogP contribution >= 0.6 is 0 Å². The van der Waals surface area contributed by atoms with Gasteiger partial charge in [0.25, 0.3) is 5.91 Å². The minimum absolute atomic E-state index is 0.0613. The lowest BCUT2D eigenvalue weighted by molar-refractivity contribution is -0.126. The van der Waals surface area contributed by atoms with Crippen LogP contribution in [0.25, 0.3) is 0 Å². The average molecular weight is 438 g/mol. The van der Waals surface area contributed by atoms with Crippen molar-refractivity contribution in [3.63, 3.8) is 0 Å². The van der Waals surface area contributed by atoms with Crippen LogP contribution in [0.1, 0.15) is 52.0 Å². The van der Waals surface area contributed by atoms with Crippen molar-refractivity contribution in [2.45, 2.75) is 70.4 Å². The predicted octanol–water partition coefficient (Wildman–Crippen LogP) is 2.42. The molecule has 2 heterocycles. The molecule has 0 aliphatic carbocycles. The molecule has 1 aromatic rings. The summed E-state index contributed by atoms with van der Waals surface area (Å²) < 4.78 is 33.9. The lowest BCUT2D eigenvalue weighted by atomic mass is 9.98. The quantitative estimate of drug-likeness (QED) is 0.711. The van der Waals surface area contributed by atoms with Crippen molar-refractivity contribution in [3.8, 4) is 5.75 Å². The maximum atomic E-state index is 13.4. The van der Waals surface area contributed by atoms with E-state index < -0.39 is 16.1 Å². The van der Waals surface area contributed by atoms with E-state index in [1.807, 2.05) is 20.8 Å². The molecule has 2 aliphatic rings. The van der Waals surface area contributed by atoms with Crippen LogP contribution in [0.15, 0.2) is 17.0 Å². The SMILES string of the molecule is CC[C@H](C)NC(=O)[C@@H]1CCCN(S(=O)(=O)c2cc3c(cc2C)NC(=O)[C@@H](CC)O3)C1. The third kappa shape index (κ3) is 4.46. The number of hydrogen-bond acceptors (Lipinski definition) is 5. The molecule has 1 aromatic carbocycles. The Morgan fingerprint density at radius 2 is 2.10 bits per heavy atom. The molecule has 30 heavy (non-hydrogen) atoms. The molecule has 2 N–H and O–H groups in total. The maximum Gasteiger partial charge on any atom is 0.265 e. The number of aryl methyl sites for hydroxylation is 1. The topological polar surface area (TPSA) is 105 Å². The summed E-state index contributed by atoms with van der Waals surface area (Å²) in [6.07, 6.45) is 1.97. The number of rotatable bonds is 6. The number of hydrogen-bond donors (Lipinski definition) is 2. The van der Waals surface area contributed by atoms with Crippen LogP contribution in [0.5, 0.6) is 5.75 Å². The number of nitrogens with one attached hydrogen (secondary N) is 2. The first-order valence-electron chi connectivity index (χ1n) is 10.6. The highest BCUT2D eigenvalue weighted by Crippen LogP contribution is 2.36. The van der Waals surface area contributed by atoms with Crippen molar-refractivity contribution < 1.29 is 22.7 Å². The minimum Gasteiger partial charge on any atom is -0.478 e. The molecule has 0 saturated carbocycles. The number of carbonyl (C=O) groups is 2. The summed E-state index contributed by atoms with van der Waals surface area (Å²) in [5.74, 6) is -0.330. The average Bonchev–Trinajstić information content (AvgIpc) is 2.72. The van der Waals surface area contributed by atoms with Crippen molar-refractivity contribution in [2.24, 2.45) is 5.92 Å². The lowest BCUT2D eigenvalue weighted by Gasteiger charge is -2.32. The fourth-order valence-corrected chi connectivity index (χ4v) is 5.55. The van der Waals surface area contributed by atoms with Crippen molar-refractivity contribution in [1.82, 2.24) is 9.62 Å². The van der Waals surface area contributed by atoms with Crippen LogP contribution < -0.4 is 15.4 Å². The van der Waals surface area contributed by atoms with E-state index in [0.717, 1.165) is 6.42 Å². The highest BCUT2D eigenvalue weighted by Gasteiger charge is 2.36. The zero-order valence-corrected chi connectivity index (χ0v) is 18.8. The Labute approximate surface area is 178 Å². The molecule has 8 nitrogen and oxygen atoms in total. The number of piperidine rings is 1.